The molecule has 19 heavy (non-hydrogen) atoms. The van der Waals surface area contributed by atoms with Crippen LogP contribution in [0.15, 0.2) is 21.9 Å². The minimum Gasteiger partial charge on any atom is -0.394 e. The number of rotatable bonds is 3. The van der Waals surface area contributed by atoms with Crippen LogP contribution in [0.3, 0.4) is 0 Å². The Hall–Kier alpha value is -1.70. The zero-order chi connectivity index (χ0) is 14.0. The van der Waals surface area contributed by atoms with Crippen molar-refractivity contribution in [3.05, 3.63) is 38.7 Å². The Morgan fingerprint density at radius 1 is 1.58 bits per heavy atom. The van der Waals surface area contributed by atoms with Crippen molar-refractivity contribution in [3.8, 4) is 0 Å². The highest BCUT2D eigenvalue weighted by Gasteiger charge is 2.35. The maximum Gasteiger partial charge on any atom is 0.330 e. The Bertz CT molecular complexity index is 589. The average molecular weight is 268 g/mol. The van der Waals surface area contributed by atoms with Gasteiger partial charge < -0.3 is 14.9 Å². The number of hydrogen-bond acceptors (Lipinski definition) is 5. The van der Waals surface area contributed by atoms with Crippen molar-refractivity contribution in [2.75, 3.05) is 6.61 Å². The molecular weight excluding hydrogens is 252 g/mol. The lowest BCUT2D eigenvalue weighted by atomic mass is 10.2. The molecule has 0 aliphatic carbocycles. The van der Waals surface area contributed by atoms with Crippen LogP contribution in [0.25, 0.3) is 6.08 Å². The van der Waals surface area contributed by atoms with Gasteiger partial charge in [0.1, 0.15) is 12.3 Å². The third kappa shape index (κ3) is 2.67. The first-order chi connectivity index (χ1) is 9.06. The molecule has 7 nitrogen and oxygen atoms in total. The van der Waals surface area contributed by atoms with Gasteiger partial charge in [-0.2, -0.15) is 0 Å². The molecule has 0 bridgehead atoms. The fourth-order valence-electron chi connectivity index (χ4n) is 2.06. The summed E-state index contributed by atoms with van der Waals surface area (Å²) in [6, 6.07) is 0. The predicted octanol–water partition coefficient (Wildman–Crippen LogP) is -0.790. The minimum atomic E-state index is -0.834. The number of aliphatic hydroxyl groups excluding tert-OH is 2. The van der Waals surface area contributed by atoms with Crippen molar-refractivity contribution in [2.24, 2.45) is 0 Å². The van der Waals surface area contributed by atoms with E-state index in [4.69, 9.17) is 9.84 Å². The van der Waals surface area contributed by atoms with Crippen LogP contribution in [-0.4, -0.2) is 38.6 Å². The third-order valence-electron chi connectivity index (χ3n) is 3.04. The van der Waals surface area contributed by atoms with Crippen LogP contribution >= 0.6 is 0 Å². The number of nitrogens with one attached hydrogen (secondary N) is 1. The monoisotopic (exact) mass is 268 g/mol. The van der Waals surface area contributed by atoms with E-state index >= 15 is 0 Å². The molecule has 7 heteroatoms. The van der Waals surface area contributed by atoms with Crippen LogP contribution in [0, 0.1) is 0 Å². The molecule has 2 rings (SSSR count). The van der Waals surface area contributed by atoms with E-state index in [1.54, 1.807) is 19.1 Å². The number of aromatic amines is 1. The molecule has 1 aliphatic rings. The SMILES string of the molecule is CC=Cc1cn([C@H]2C[C@@H](O)[C@H](CO)O2)c(=O)[nH]c1=O. The van der Waals surface area contributed by atoms with Crippen LogP contribution in [-0.2, 0) is 4.74 Å². The summed E-state index contributed by atoms with van der Waals surface area (Å²) in [5.74, 6) is 0. The van der Waals surface area contributed by atoms with Crippen molar-refractivity contribution in [2.45, 2.75) is 31.8 Å². The molecule has 104 valence electrons. The van der Waals surface area contributed by atoms with E-state index in [9.17, 15) is 14.7 Å². The Labute approximate surface area is 108 Å². The number of ether oxygens (including phenoxy) is 1. The highest BCUT2D eigenvalue weighted by molar-refractivity contribution is 5.45. The van der Waals surface area contributed by atoms with Crippen LogP contribution < -0.4 is 11.2 Å². The topological polar surface area (TPSA) is 105 Å². The first kappa shape index (κ1) is 13.7. The van der Waals surface area contributed by atoms with Crippen molar-refractivity contribution in [1.82, 2.24) is 9.55 Å². The molecule has 0 unspecified atom stereocenters. The normalized spacial score (nSPS) is 27.2. The number of nitrogens with zero attached hydrogens (tertiary/aromatic N) is 1. The van der Waals surface area contributed by atoms with Gasteiger partial charge in [-0.15, -0.1) is 0 Å². The molecule has 1 fully saturated rings. The van der Waals surface area contributed by atoms with Crippen LogP contribution in [0.4, 0.5) is 0 Å². The summed E-state index contributed by atoms with van der Waals surface area (Å²) in [6.45, 7) is 1.43. The number of H-pyrrole nitrogens is 1. The van der Waals surface area contributed by atoms with Crippen molar-refractivity contribution in [1.29, 1.82) is 0 Å². The third-order valence-corrected chi connectivity index (χ3v) is 3.04. The van der Waals surface area contributed by atoms with Crippen molar-refractivity contribution >= 4 is 6.08 Å². The van der Waals surface area contributed by atoms with Gasteiger partial charge >= 0.3 is 5.69 Å². The zero-order valence-corrected chi connectivity index (χ0v) is 10.4. The van der Waals surface area contributed by atoms with E-state index in [0.717, 1.165) is 0 Å². The minimum absolute atomic E-state index is 0.187. The summed E-state index contributed by atoms with van der Waals surface area (Å²) < 4.78 is 6.60. The summed E-state index contributed by atoms with van der Waals surface area (Å²) in [7, 11) is 0. The first-order valence-corrected chi connectivity index (χ1v) is 5.99. The molecule has 1 aromatic rings. The molecule has 3 atom stereocenters. The molecule has 1 saturated heterocycles. The number of allylic oxidation sites excluding steroid dienone is 1. The largest absolute Gasteiger partial charge is 0.394 e. The molecule has 0 amide bonds. The van der Waals surface area contributed by atoms with Crippen LogP contribution in [0.1, 0.15) is 25.1 Å². The van der Waals surface area contributed by atoms with E-state index in [2.05, 4.69) is 4.98 Å². The van der Waals surface area contributed by atoms with E-state index in [1.165, 1.54) is 10.8 Å². The van der Waals surface area contributed by atoms with E-state index in [0.29, 0.717) is 5.56 Å². The van der Waals surface area contributed by atoms with Gasteiger partial charge in [-0.05, 0) is 6.92 Å². The van der Waals surface area contributed by atoms with Gasteiger partial charge in [-0.25, -0.2) is 4.79 Å². The second-order valence-electron chi connectivity index (χ2n) is 4.37. The fraction of sp³-hybridized carbons (Fsp3) is 0.500. The van der Waals surface area contributed by atoms with Gasteiger partial charge in [-0.1, -0.05) is 12.2 Å². The number of aromatic nitrogens is 2. The van der Waals surface area contributed by atoms with Crippen molar-refractivity contribution in [3.63, 3.8) is 0 Å². The highest BCUT2D eigenvalue weighted by Crippen LogP contribution is 2.27. The van der Waals surface area contributed by atoms with E-state index < -0.39 is 29.7 Å². The standard InChI is InChI=1S/C12H16N2O5/c1-2-3-7-5-14(12(18)13-11(7)17)10-4-8(16)9(6-15)19-10/h2-3,5,8-10,15-16H,4,6H2,1H3,(H,13,17,18)/t8-,9+,10-/m1/s1. The lowest BCUT2D eigenvalue weighted by Gasteiger charge is -2.14. The van der Waals surface area contributed by atoms with Gasteiger partial charge in [0.05, 0.1) is 18.3 Å². The molecule has 0 aromatic carbocycles. The number of aliphatic hydroxyl groups is 2. The lowest BCUT2D eigenvalue weighted by molar-refractivity contribution is -0.0459. The molecule has 1 aromatic heterocycles. The number of hydrogen-bond donors (Lipinski definition) is 3. The highest BCUT2D eigenvalue weighted by atomic mass is 16.5. The molecule has 2 heterocycles. The maximum atomic E-state index is 11.7. The lowest BCUT2D eigenvalue weighted by Crippen LogP contribution is -2.33. The summed E-state index contributed by atoms with van der Waals surface area (Å²) >= 11 is 0. The van der Waals surface area contributed by atoms with Gasteiger partial charge in [0.15, 0.2) is 0 Å². The van der Waals surface area contributed by atoms with Gasteiger partial charge in [0.25, 0.3) is 5.56 Å². The first-order valence-electron chi connectivity index (χ1n) is 5.99. The molecule has 0 saturated carbocycles. The van der Waals surface area contributed by atoms with Crippen LogP contribution in [0.5, 0.6) is 0 Å². The Morgan fingerprint density at radius 3 is 2.89 bits per heavy atom. The zero-order valence-electron chi connectivity index (χ0n) is 10.4. The predicted molar refractivity (Wildman–Crippen MR) is 67.7 cm³/mol. The molecule has 1 aliphatic heterocycles. The summed E-state index contributed by atoms with van der Waals surface area (Å²) in [6.07, 6.45) is 2.59. The second kappa shape index (κ2) is 5.52. The summed E-state index contributed by atoms with van der Waals surface area (Å²) in [4.78, 5) is 25.5. The second-order valence-corrected chi connectivity index (χ2v) is 4.37. The fourth-order valence-corrected chi connectivity index (χ4v) is 2.06. The van der Waals surface area contributed by atoms with Crippen molar-refractivity contribution < 1.29 is 14.9 Å². The summed E-state index contributed by atoms with van der Waals surface area (Å²) in [5, 5.41) is 18.7. The Morgan fingerprint density at radius 2 is 2.32 bits per heavy atom. The molecular formula is C12H16N2O5. The molecule has 3 N–H and O–H groups in total. The summed E-state index contributed by atoms with van der Waals surface area (Å²) in [5.41, 5.74) is -0.752. The smallest absolute Gasteiger partial charge is 0.330 e. The Balaban J connectivity index is 2.38. The van der Waals surface area contributed by atoms with E-state index in [1.807, 2.05) is 0 Å². The maximum absolute atomic E-state index is 11.7. The van der Waals surface area contributed by atoms with Gasteiger partial charge in [0.2, 0.25) is 0 Å². The molecule has 0 spiro atoms. The average Bonchev–Trinajstić information content (AvgIpc) is 2.74. The Kier molecular flexibility index (Phi) is 3.98. The van der Waals surface area contributed by atoms with Crippen LogP contribution in [0.2, 0.25) is 0 Å². The quantitative estimate of drug-likeness (QED) is 0.666. The van der Waals surface area contributed by atoms with E-state index in [-0.39, 0.29) is 13.0 Å². The molecule has 0 radical (unpaired) electrons. The van der Waals surface area contributed by atoms with Gasteiger partial charge in [0, 0.05) is 12.6 Å². The van der Waals surface area contributed by atoms with Gasteiger partial charge in [-0.3, -0.25) is 14.3 Å².